The van der Waals surface area contributed by atoms with E-state index >= 15 is 0 Å². The normalized spacial score (nSPS) is 14.1. The number of anilines is 1. The summed E-state index contributed by atoms with van der Waals surface area (Å²) in [5, 5.41) is 0.568. The number of hydrogen-bond acceptors (Lipinski definition) is 5. The fourth-order valence-corrected chi connectivity index (χ4v) is 4.15. The minimum atomic E-state index is -4.36. The first-order valence-corrected chi connectivity index (χ1v) is 10.7. The maximum absolute atomic E-state index is 14.2. The summed E-state index contributed by atoms with van der Waals surface area (Å²) in [6.45, 7) is -1.40. The molecule has 0 spiro atoms. The van der Waals surface area contributed by atoms with Crippen LogP contribution in [0.25, 0.3) is 10.9 Å². The Hall–Kier alpha value is -2.66. The first kappa shape index (κ1) is 20.6. The molecule has 0 radical (unpaired) electrons. The number of sulfonamides is 1. The van der Waals surface area contributed by atoms with E-state index < -0.39 is 46.6 Å². The number of H-pyrrole nitrogens is 1. The van der Waals surface area contributed by atoms with Gasteiger partial charge in [-0.05, 0) is 25.0 Å². The van der Waals surface area contributed by atoms with Crippen molar-refractivity contribution in [1.82, 2.24) is 9.97 Å². The monoisotopic (exact) mass is 461 g/mol. The zero-order chi connectivity index (χ0) is 21.5. The van der Waals surface area contributed by atoms with Gasteiger partial charge in [-0.1, -0.05) is 11.6 Å². The largest absolute Gasteiger partial charge is 0.487 e. The van der Waals surface area contributed by atoms with Crippen LogP contribution < -0.4 is 14.2 Å². The van der Waals surface area contributed by atoms with Crippen LogP contribution in [0.4, 0.5) is 19.0 Å². The molecule has 0 bridgehead atoms. The van der Waals surface area contributed by atoms with Gasteiger partial charge in [-0.3, -0.25) is 4.72 Å². The van der Waals surface area contributed by atoms with Crippen LogP contribution >= 0.6 is 11.6 Å². The summed E-state index contributed by atoms with van der Waals surface area (Å²) >= 11 is 6.17. The number of nitrogens with zero attached hydrogens (tertiary/aromatic N) is 1. The summed E-state index contributed by atoms with van der Waals surface area (Å²) in [5.41, 5.74) is 0.365. The summed E-state index contributed by atoms with van der Waals surface area (Å²) in [7, 11) is -4.36. The van der Waals surface area contributed by atoms with Gasteiger partial charge < -0.3 is 14.5 Å². The van der Waals surface area contributed by atoms with Crippen LogP contribution in [-0.4, -0.2) is 37.8 Å². The molecule has 7 nitrogen and oxygen atoms in total. The Kier molecular flexibility index (Phi) is 5.41. The van der Waals surface area contributed by atoms with Crippen molar-refractivity contribution in [2.75, 3.05) is 18.0 Å². The van der Waals surface area contributed by atoms with Crippen molar-refractivity contribution in [3.05, 3.63) is 41.2 Å². The number of aromatic amines is 1. The number of benzene rings is 1. The minimum absolute atomic E-state index is 0.0222. The summed E-state index contributed by atoms with van der Waals surface area (Å²) < 4.78 is 78.3. The third kappa shape index (κ3) is 3.99. The van der Waals surface area contributed by atoms with E-state index in [1.54, 1.807) is 0 Å². The van der Waals surface area contributed by atoms with Gasteiger partial charge >= 0.3 is 0 Å². The van der Waals surface area contributed by atoms with Crippen molar-refractivity contribution in [3.63, 3.8) is 0 Å². The number of nitrogens with one attached hydrogen (secondary N) is 2. The van der Waals surface area contributed by atoms with E-state index in [0.717, 1.165) is 12.8 Å². The molecule has 2 N–H and O–H groups in total. The third-order valence-electron chi connectivity index (χ3n) is 4.28. The van der Waals surface area contributed by atoms with Gasteiger partial charge in [0.15, 0.2) is 23.1 Å². The zero-order valence-corrected chi connectivity index (χ0v) is 16.8. The molecule has 1 aliphatic carbocycles. The molecule has 1 saturated carbocycles. The number of halogens is 4. The fraction of sp³-hybridized carbons (Fsp3) is 0.278. The molecule has 1 aromatic carbocycles. The van der Waals surface area contributed by atoms with E-state index in [1.165, 1.54) is 18.3 Å². The average molecular weight is 462 g/mol. The first-order chi connectivity index (χ1) is 14.3. The molecule has 1 fully saturated rings. The van der Waals surface area contributed by atoms with Gasteiger partial charge in [0, 0.05) is 17.6 Å². The van der Waals surface area contributed by atoms with E-state index in [4.69, 9.17) is 16.3 Å². The lowest BCUT2D eigenvalue weighted by molar-refractivity contribution is 0.258. The second-order valence-electron chi connectivity index (χ2n) is 6.52. The second-order valence-corrected chi connectivity index (χ2v) is 8.58. The molecular weight excluding hydrogens is 447 g/mol. The van der Waals surface area contributed by atoms with Gasteiger partial charge in [-0.2, -0.15) is 9.37 Å². The topological polar surface area (TPSA) is 93.3 Å². The number of rotatable bonds is 8. The predicted molar refractivity (Wildman–Crippen MR) is 103 cm³/mol. The Balaban J connectivity index is 1.67. The molecule has 0 amide bonds. The lowest BCUT2D eigenvalue weighted by atomic mass is 10.2. The summed E-state index contributed by atoms with van der Waals surface area (Å²) in [6, 6.07) is 3.55. The van der Waals surface area contributed by atoms with Gasteiger partial charge in [0.25, 0.3) is 16.0 Å². The Labute approximate surface area is 174 Å². The Bertz CT molecular complexity index is 1220. The Morgan fingerprint density at radius 1 is 1.30 bits per heavy atom. The van der Waals surface area contributed by atoms with E-state index in [1.807, 2.05) is 4.72 Å². The van der Waals surface area contributed by atoms with Crippen molar-refractivity contribution < 1.29 is 31.1 Å². The lowest BCUT2D eigenvalue weighted by Gasteiger charge is -2.11. The van der Waals surface area contributed by atoms with Crippen molar-refractivity contribution in [2.45, 2.75) is 23.8 Å². The number of hydrogen-bond donors (Lipinski definition) is 2. The molecular formula is C18H15ClF3N3O4S. The Morgan fingerprint density at radius 2 is 2.07 bits per heavy atom. The molecule has 12 heteroatoms. The van der Waals surface area contributed by atoms with E-state index in [2.05, 4.69) is 14.7 Å². The summed E-state index contributed by atoms with van der Waals surface area (Å²) in [5.74, 6) is -3.64. The lowest BCUT2D eigenvalue weighted by Crippen LogP contribution is -2.16. The minimum Gasteiger partial charge on any atom is -0.487 e. The van der Waals surface area contributed by atoms with Crippen molar-refractivity contribution in [3.8, 4) is 11.5 Å². The second kappa shape index (κ2) is 7.88. The molecule has 2 heterocycles. The molecule has 2 aromatic heterocycles. The third-order valence-corrected chi connectivity index (χ3v) is 5.96. The van der Waals surface area contributed by atoms with Crippen LogP contribution in [-0.2, 0) is 10.0 Å². The van der Waals surface area contributed by atoms with Crippen LogP contribution in [0, 0.1) is 11.8 Å². The maximum Gasteiger partial charge on any atom is 0.265 e. The van der Waals surface area contributed by atoms with Crippen LogP contribution in [0.1, 0.15) is 12.8 Å². The number of aromatic nitrogens is 2. The van der Waals surface area contributed by atoms with E-state index in [0.29, 0.717) is 22.4 Å². The molecule has 0 aliphatic heterocycles. The fourth-order valence-electron chi connectivity index (χ4n) is 2.76. The summed E-state index contributed by atoms with van der Waals surface area (Å²) in [4.78, 5) is 5.83. The van der Waals surface area contributed by atoms with Crippen molar-refractivity contribution in [2.24, 2.45) is 0 Å². The molecule has 3 aromatic rings. The van der Waals surface area contributed by atoms with Crippen molar-refractivity contribution in [1.29, 1.82) is 0 Å². The van der Waals surface area contributed by atoms with Crippen molar-refractivity contribution >= 4 is 38.3 Å². The van der Waals surface area contributed by atoms with Gasteiger partial charge in [-0.15, -0.1) is 0 Å². The first-order valence-electron chi connectivity index (χ1n) is 8.84. The molecule has 30 heavy (non-hydrogen) atoms. The molecule has 0 atom stereocenters. The molecule has 1 aliphatic rings. The molecule has 160 valence electrons. The van der Waals surface area contributed by atoms with E-state index in [9.17, 15) is 21.6 Å². The van der Waals surface area contributed by atoms with Crippen LogP contribution in [0.5, 0.6) is 11.5 Å². The number of pyridine rings is 1. The number of ether oxygens (including phenoxy) is 2. The smallest absolute Gasteiger partial charge is 0.265 e. The van der Waals surface area contributed by atoms with Crippen LogP contribution in [0.15, 0.2) is 29.3 Å². The standard InChI is InChI=1S/C18H15ClF3N3O4S/c19-11-4-3-10-14(8-23-15(10)16(11)29-9-1-2-9)30(26,27)25-18-12(21)7-13(17(22)24-18)28-6-5-20/h3-4,7-9,23H,1-2,5-6H2,(H,24,25). The van der Waals surface area contributed by atoms with Gasteiger partial charge in [0.1, 0.15) is 18.2 Å². The summed E-state index contributed by atoms with van der Waals surface area (Å²) in [6.07, 6.45) is 2.97. The van der Waals surface area contributed by atoms with Crippen LogP contribution in [0.3, 0.4) is 0 Å². The highest BCUT2D eigenvalue weighted by Crippen LogP contribution is 2.39. The van der Waals surface area contributed by atoms with Gasteiger partial charge in [-0.25, -0.2) is 17.2 Å². The Morgan fingerprint density at radius 3 is 2.77 bits per heavy atom. The van der Waals surface area contributed by atoms with Crippen LogP contribution in [0.2, 0.25) is 5.02 Å². The van der Waals surface area contributed by atoms with Gasteiger partial charge in [0.2, 0.25) is 0 Å². The average Bonchev–Trinajstić information content (AvgIpc) is 3.40. The van der Waals surface area contributed by atoms with Gasteiger partial charge in [0.05, 0.1) is 16.6 Å². The molecule has 0 unspecified atom stereocenters. The highest BCUT2D eigenvalue weighted by Gasteiger charge is 2.28. The highest BCUT2D eigenvalue weighted by atomic mass is 35.5. The zero-order valence-electron chi connectivity index (χ0n) is 15.2. The predicted octanol–water partition coefficient (Wildman–Crippen LogP) is 4.18. The molecule has 0 saturated heterocycles. The quantitative estimate of drug-likeness (QED) is 0.491. The highest BCUT2D eigenvalue weighted by molar-refractivity contribution is 7.93. The maximum atomic E-state index is 14.2. The molecule has 4 rings (SSSR count). The van der Waals surface area contributed by atoms with E-state index in [-0.39, 0.29) is 16.4 Å². The number of fused-ring (bicyclic) bond motifs is 1. The SMILES string of the molecule is O=S(=O)(Nc1nc(F)c(OCCF)cc1F)c1c[nH]c2c(OC3CC3)c(Cl)ccc12. The number of alkyl halides is 1.